The summed E-state index contributed by atoms with van der Waals surface area (Å²) in [4.78, 5) is 19.9. The van der Waals surface area contributed by atoms with E-state index in [4.69, 9.17) is 9.63 Å². The molecule has 39 heavy (non-hydrogen) atoms. The van der Waals surface area contributed by atoms with Crippen LogP contribution in [0, 0.1) is 26.7 Å². The summed E-state index contributed by atoms with van der Waals surface area (Å²) >= 11 is 3.80. The average Bonchev–Trinajstić information content (AvgIpc) is 3.56. The minimum absolute atomic E-state index is 0.199. The molecule has 1 fully saturated rings. The average molecular weight is 593 g/mol. The van der Waals surface area contributed by atoms with Crippen molar-refractivity contribution in [3.8, 4) is 16.8 Å². The molecule has 0 unspecified atom stereocenters. The third-order valence-electron chi connectivity index (χ3n) is 7.62. The lowest BCUT2D eigenvalue weighted by Crippen LogP contribution is -2.38. The quantitative estimate of drug-likeness (QED) is 0.236. The number of piperidine rings is 1. The number of imidazole rings is 1. The smallest absolute Gasteiger partial charge is 0.304 e. The van der Waals surface area contributed by atoms with E-state index < -0.39 is 5.97 Å². The highest BCUT2D eigenvalue weighted by atomic mass is 79.9. The summed E-state index contributed by atoms with van der Waals surface area (Å²) in [5.41, 5.74) is 7.56. The van der Waals surface area contributed by atoms with Crippen LogP contribution in [-0.2, 0) is 4.79 Å². The molecular weight excluding hydrogens is 558 g/mol. The monoisotopic (exact) mass is 591 g/mol. The first-order chi connectivity index (χ1) is 18.8. The van der Waals surface area contributed by atoms with Gasteiger partial charge in [0.1, 0.15) is 5.76 Å². The van der Waals surface area contributed by atoms with Gasteiger partial charge in [-0.25, -0.2) is 4.98 Å². The number of hydrogen-bond acceptors (Lipinski definition) is 6. The molecule has 8 nitrogen and oxygen atoms in total. The Morgan fingerprint density at radius 3 is 2.56 bits per heavy atom. The molecule has 0 atom stereocenters. The van der Waals surface area contributed by atoms with Gasteiger partial charge in [-0.05, 0) is 110 Å². The van der Waals surface area contributed by atoms with Crippen LogP contribution < -0.4 is 4.90 Å². The second kappa shape index (κ2) is 11.8. The number of carbonyl (C=O) groups is 1. The van der Waals surface area contributed by atoms with Crippen LogP contribution in [-0.4, -0.2) is 56.9 Å². The lowest BCUT2D eigenvalue weighted by molar-refractivity contribution is -0.137. The van der Waals surface area contributed by atoms with E-state index in [2.05, 4.69) is 79.2 Å². The molecule has 1 aliphatic heterocycles. The van der Waals surface area contributed by atoms with Gasteiger partial charge < -0.3 is 24.0 Å². The van der Waals surface area contributed by atoms with Gasteiger partial charge in [-0.2, -0.15) is 0 Å². The molecule has 1 N–H and O–H groups in total. The number of anilines is 2. The fourth-order valence-corrected chi connectivity index (χ4v) is 6.10. The number of hydrogen-bond donors (Lipinski definition) is 1. The van der Waals surface area contributed by atoms with Gasteiger partial charge in [-0.1, -0.05) is 11.2 Å². The third kappa shape index (κ3) is 6.09. The fourth-order valence-electron chi connectivity index (χ4n) is 5.53. The van der Waals surface area contributed by atoms with Crippen LogP contribution in [0.3, 0.4) is 0 Å². The van der Waals surface area contributed by atoms with Crippen molar-refractivity contribution in [2.45, 2.75) is 40.0 Å². The lowest BCUT2D eigenvalue weighted by Gasteiger charge is -2.36. The van der Waals surface area contributed by atoms with E-state index in [1.54, 1.807) is 12.5 Å². The van der Waals surface area contributed by atoms with Gasteiger partial charge in [0.2, 0.25) is 0 Å². The topological polar surface area (TPSA) is 87.6 Å². The summed E-state index contributed by atoms with van der Waals surface area (Å²) in [6.45, 7) is 9.45. The first-order valence-corrected chi connectivity index (χ1v) is 14.1. The lowest BCUT2D eigenvalue weighted by atomic mass is 9.94. The van der Waals surface area contributed by atoms with Crippen molar-refractivity contribution in [3.63, 3.8) is 0 Å². The maximum atomic E-state index is 11.0. The maximum Gasteiger partial charge on any atom is 0.304 e. The summed E-state index contributed by atoms with van der Waals surface area (Å²) in [5, 5.41) is 13.2. The zero-order valence-electron chi connectivity index (χ0n) is 22.6. The Morgan fingerprint density at radius 2 is 1.95 bits per heavy atom. The van der Waals surface area contributed by atoms with Crippen LogP contribution >= 0.6 is 15.9 Å². The van der Waals surface area contributed by atoms with Crippen molar-refractivity contribution < 1.29 is 14.4 Å². The molecule has 0 amide bonds. The molecule has 0 radical (unpaired) electrons. The van der Waals surface area contributed by atoms with Crippen LogP contribution in [0.15, 0.2) is 64.1 Å². The molecule has 3 heterocycles. The second-order valence-corrected chi connectivity index (χ2v) is 11.2. The van der Waals surface area contributed by atoms with Crippen LogP contribution in [0.1, 0.15) is 36.3 Å². The zero-order chi connectivity index (χ0) is 27.5. The third-order valence-corrected chi connectivity index (χ3v) is 8.26. The number of carboxylic acid groups (broad SMARTS) is 1. The van der Waals surface area contributed by atoms with Gasteiger partial charge in [0.25, 0.3) is 0 Å². The number of benzene rings is 2. The molecule has 5 rings (SSSR count). The number of halogens is 1. The summed E-state index contributed by atoms with van der Waals surface area (Å²) in [6.07, 6.45) is 7.80. The number of aliphatic carboxylic acids is 1. The van der Waals surface area contributed by atoms with Crippen molar-refractivity contribution in [1.29, 1.82) is 0 Å². The van der Waals surface area contributed by atoms with Gasteiger partial charge in [-0.15, -0.1) is 0 Å². The second-order valence-electron chi connectivity index (χ2n) is 10.3. The Bertz CT molecular complexity index is 1420. The molecular formula is C30H34BrN5O3. The highest BCUT2D eigenvalue weighted by molar-refractivity contribution is 9.10. The zero-order valence-corrected chi connectivity index (χ0v) is 24.2. The van der Waals surface area contributed by atoms with Gasteiger partial charge in [0.15, 0.2) is 0 Å². The van der Waals surface area contributed by atoms with Gasteiger partial charge in [0, 0.05) is 46.9 Å². The van der Waals surface area contributed by atoms with Crippen LogP contribution in [0.5, 0.6) is 0 Å². The minimum Gasteiger partial charge on any atom is -0.481 e. The molecule has 1 aliphatic rings. The predicted molar refractivity (Wildman–Crippen MR) is 156 cm³/mol. The predicted octanol–water partition coefficient (Wildman–Crippen LogP) is 6.54. The van der Waals surface area contributed by atoms with Crippen molar-refractivity contribution in [3.05, 3.63) is 76.6 Å². The van der Waals surface area contributed by atoms with E-state index in [9.17, 15) is 4.79 Å². The Kier molecular flexibility index (Phi) is 8.18. The molecule has 2 aromatic carbocycles. The van der Waals surface area contributed by atoms with Gasteiger partial charge >= 0.3 is 5.97 Å². The van der Waals surface area contributed by atoms with E-state index >= 15 is 0 Å². The van der Waals surface area contributed by atoms with Crippen molar-refractivity contribution in [2.24, 2.45) is 5.92 Å². The molecule has 0 bridgehead atoms. The molecule has 0 aliphatic carbocycles. The molecule has 0 spiro atoms. The van der Waals surface area contributed by atoms with Crippen LogP contribution in [0.2, 0.25) is 0 Å². The number of aromatic nitrogens is 3. The Labute approximate surface area is 237 Å². The number of likely N-dealkylation sites (tertiary alicyclic amines) is 1. The van der Waals surface area contributed by atoms with Crippen molar-refractivity contribution in [1.82, 2.24) is 19.6 Å². The highest BCUT2D eigenvalue weighted by Crippen LogP contribution is 2.37. The molecule has 9 heteroatoms. The molecule has 2 aromatic heterocycles. The van der Waals surface area contributed by atoms with E-state index in [-0.39, 0.29) is 6.42 Å². The van der Waals surface area contributed by atoms with Crippen molar-refractivity contribution >= 4 is 33.3 Å². The largest absolute Gasteiger partial charge is 0.481 e. The normalized spacial score (nSPS) is 14.6. The van der Waals surface area contributed by atoms with Crippen LogP contribution in [0.25, 0.3) is 16.8 Å². The summed E-state index contributed by atoms with van der Waals surface area (Å²) in [6, 6.07) is 13.1. The molecule has 204 valence electrons. The Hall–Kier alpha value is -3.43. The summed E-state index contributed by atoms with van der Waals surface area (Å²) < 4.78 is 8.41. The number of aryl methyl sites for hydroxylation is 3. The van der Waals surface area contributed by atoms with E-state index in [0.717, 1.165) is 70.9 Å². The Balaban J connectivity index is 1.44. The number of carboxylic acids is 1. The van der Waals surface area contributed by atoms with Crippen LogP contribution in [0.4, 0.5) is 11.4 Å². The number of nitrogens with zero attached hydrogens (tertiary/aromatic N) is 5. The van der Waals surface area contributed by atoms with E-state index in [0.29, 0.717) is 12.5 Å². The van der Waals surface area contributed by atoms with Crippen molar-refractivity contribution in [2.75, 3.05) is 31.1 Å². The highest BCUT2D eigenvalue weighted by Gasteiger charge is 2.24. The summed E-state index contributed by atoms with van der Waals surface area (Å²) in [7, 11) is 0. The first kappa shape index (κ1) is 27.1. The standard InChI is InChI=1S/C30H34BrN5O3/c1-20-16-24(30-21(2)33-39-22(30)3)4-6-27(20)36(18-23-8-12-34(13-9-23)14-10-29(37)38)25-5-7-28(26(31)17-25)35-15-11-32-19-35/h4-7,11,15-17,19,23H,8-10,12-14,18H2,1-3H3,(H,37,38). The van der Waals surface area contributed by atoms with E-state index in [1.807, 2.05) is 24.6 Å². The maximum absolute atomic E-state index is 11.0. The fraction of sp³-hybridized carbons (Fsp3) is 0.367. The molecule has 1 saturated heterocycles. The first-order valence-electron chi connectivity index (χ1n) is 13.3. The van der Waals surface area contributed by atoms with E-state index in [1.165, 1.54) is 11.3 Å². The number of rotatable bonds is 9. The summed E-state index contributed by atoms with van der Waals surface area (Å²) in [5.74, 6) is 0.591. The minimum atomic E-state index is -0.733. The molecule has 4 aromatic rings. The molecule has 0 saturated carbocycles. The van der Waals surface area contributed by atoms with Gasteiger partial charge in [0.05, 0.1) is 24.1 Å². The Morgan fingerprint density at radius 1 is 1.15 bits per heavy atom. The SMILES string of the molecule is Cc1cc(-c2c(C)noc2C)ccc1N(CC1CCN(CCC(=O)O)CC1)c1ccc(-n2ccnc2)c(Br)c1. The van der Waals surface area contributed by atoms with Gasteiger partial charge in [-0.3, -0.25) is 4.79 Å².